The second-order valence-electron chi connectivity index (χ2n) is 9.18. The first-order valence-corrected chi connectivity index (χ1v) is 12.3. The number of nitrogens with two attached hydrogens (primary N) is 1. The number of likely N-dealkylation sites (tertiary alicyclic amines) is 1. The van der Waals surface area contributed by atoms with E-state index in [1.807, 2.05) is 62.4 Å². The normalized spacial score (nSPS) is 20.2. The molecule has 0 bridgehead atoms. The quantitative estimate of drug-likeness (QED) is 0.449. The SMILES string of the molecule is Cc1cc(C2N(CCc3ccc(Cl)cc3Cl)C(=O)CCC2(C(N)=O)c2ccccc2)cc(C)c1O. The van der Waals surface area contributed by atoms with Gasteiger partial charge in [-0.3, -0.25) is 9.59 Å². The van der Waals surface area contributed by atoms with Crippen molar-refractivity contribution < 1.29 is 14.7 Å². The number of halogens is 2. The summed E-state index contributed by atoms with van der Waals surface area (Å²) >= 11 is 12.5. The Hall–Kier alpha value is -3.02. The molecule has 182 valence electrons. The molecule has 3 N–H and O–H groups in total. The van der Waals surface area contributed by atoms with Crippen LogP contribution in [0.2, 0.25) is 10.0 Å². The van der Waals surface area contributed by atoms with Crippen molar-refractivity contribution in [3.8, 4) is 5.75 Å². The minimum atomic E-state index is -1.13. The molecule has 0 aromatic heterocycles. The lowest BCUT2D eigenvalue weighted by molar-refractivity contribution is -0.144. The van der Waals surface area contributed by atoms with Gasteiger partial charge in [0.1, 0.15) is 5.75 Å². The van der Waals surface area contributed by atoms with E-state index in [4.69, 9.17) is 28.9 Å². The van der Waals surface area contributed by atoms with Gasteiger partial charge in [0.15, 0.2) is 0 Å². The third kappa shape index (κ3) is 4.63. The Balaban J connectivity index is 1.87. The van der Waals surface area contributed by atoms with Crippen LogP contribution in [-0.2, 0) is 21.4 Å². The van der Waals surface area contributed by atoms with Crippen molar-refractivity contribution >= 4 is 35.0 Å². The summed E-state index contributed by atoms with van der Waals surface area (Å²) in [6.07, 6.45) is 0.976. The number of hydrogen-bond donors (Lipinski definition) is 2. The number of amides is 2. The maximum Gasteiger partial charge on any atom is 0.230 e. The summed E-state index contributed by atoms with van der Waals surface area (Å²) in [5, 5.41) is 11.5. The summed E-state index contributed by atoms with van der Waals surface area (Å²) in [5.41, 5.74) is 8.76. The molecular formula is C28H28Cl2N2O3. The van der Waals surface area contributed by atoms with Crippen LogP contribution >= 0.6 is 23.2 Å². The van der Waals surface area contributed by atoms with Gasteiger partial charge in [-0.2, -0.15) is 0 Å². The number of piperidine rings is 1. The predicted octanol–water partition coefficient (Wildman–Crippen LogP) is 5.65. The Kier molecular flexibility index (Phi) is 7.11. The third-order valence-corrected chi connectivity index (χ3v) is 7.61. The van der Waals surface area contributed by atoms with Crippen molar-refractivity contribution in [3.63, 3.8) is 0 Å². The average molecular weight is 511 g/mol. The monoisotopic (exact) mass is 510 g/mol. The molecule has 1 saturated heterocycles. The number of phenolic OH excluding ortho intramolecular Hbond substituents is 1. The van der Waals surface area contributed by atoms with E-state index in [2.05, 4.69) is 0 Å². The number of hydrogen-bond acceptors (Lipinski definition) is 3. The largest absolute Gasteiger partial charge is 0.507 e. The zero-order valence-electron chi connectivity index (χ0n) is 19.7. The van der Waals surface area contributed by atoms with Crippen LogP contribution in [0.5, 0.6) is 5.75 Å². The standard InChI is InChI=1S/C28H28Cl2N2O3/c1-17-14-20(15-18(2)25(17)34)26-28(27(31)35,21-6-4-3-5-7-21)12-10-24(33)32(26)13-11-19-8-9-22(29)16-23(19)30/h3-9,14-16,26,34H,10-13H2,1-2H3,(H2,31,35). The van der Waals surface area contributed by atoms with E-state index in [1.165, 1.54) is 0 Å². The Labute approximate surface area is 215 Å². The molecule has 2 unspecified atom stereocenters. The maximum atomic E-state index is 13.4. The molecule has 1 aliphatic heterocycles. The minimum absolute atomic E-state index is 0.0590. The molecule has 1 aliphatic rings. The lowest BCUT2D eigenvalue weighted by Crippen LogP contribution is -2.57. The fourth-order valence-corrected chi connectivity index (χ4v) is 5.77. The highest BCUT2D eigenvalue weighted by Crippen LogP contribution is 2.49. The number of nitrogens with zero attached hydrogens (tertiary/aromatic N) is 1. The van der Waals surface area contributed by atoms with Crippen LogP contribution in [0.3, 0.4) is 0 Å². The average Bonchev–Trinajstić information content (AvgIpc) is 2.82. The Morgan fingerprint density at radius 2 is 1.74 bits per heavy atom. The molecule has 3 aromatic rings. The number of carbonyl (C=O) groups excluding carboxylic acids is 2. The van der Waals surface area contributed by atoms with Crippen molar-refractivity contribution in [1.29, 1.82) is 0 Å². The molecule has 5 nitrogen and oxygen atoms in total. The Morgan fingerprint density at radius 3 is 2.34 bits per heavy atom. The van der Waals surface area contributed by atoms with Gasteiger partial charge in [0.05, 0.1) is 11.5 Å². The van der Waals surface area contributed by atoms with Gasteiger partial charge in [0.25, 0.3) is 0 Å². The van der Waals surface area contributed by atoms with E-state index in [1.54, 1.807) is 17.0 Å². The summed E-state index contributed by atoms with van der Waals surface area (Å²) < 4.78 is 0. The molecule has 35 heavy (non-hydrogen) atoms. The highest BCUT2D eigenvalue weighted by atomic mass is 35.5. The van der Waals surface area contributed by atoms with Gasteiger partial charge < -0.3 is 15.7 Å². The van der Waals surface area contributed by atoms with Crippen molar-refractivity contribution in [2.24, 2.45) is 5.73 Å². The number of phenols is 1. The lowest BCUT2D eigenvalue weighted by atomic mass is 9.65. The summed E-state index contributed by atoms with van der Waals surface area (Å²) in [6.45, 7) is 3.96. The maximum absolute atomic E-state index is 13.4. The first-order chi connectivity index (χ1) is 16.6. The van der Waals surface area contributed by atoms with Crippen LogP contribution in [0.15, 0.2) is 60.7 Å². The van der Waals surface area contributed by atoms with Gasteiger partial charge in [-0.05, 0) is 66.6 Å². The first kappa shape index (κ1) is 25.1. The Morgan fingerprint density at radius 1 is 1.09 bits per heavy atom. The van der Waals surface area contributed by atoms with Gasteiger partial charge in [-0.25, -0.2) is 0 Å². The van der Waals surface area contributed by atoms with Crippen LogP contribution < -0.4 is 5.73 Å². The molecule has 0 aliphatic carbocycles. The van der Waals surface area contributed by atoms with Crippen molar-refractivity contribution in [2.45, 2.75) is 44.6 Å². The van der Waals surface area contributed by atoms with Crippen molar-refractivity contribution in [3.05, 3.63) is 98.5 Å². The van der Waals surface area contributed by atoms with Gasteiger partial charge in [-0.1, -0.05) is 71.7 Å². The molecule has 0 spiro atoms. The third-order valence-electron chi connectivity index (χ3n) is 7.03. The first-order valence-electron chi connectivity index (χ1n) is 11.5. The summed E-state index contributed by atoms with van der Waals surface area (Å²) in [7, 11) is 0. The fourth-order valence-electron chi connectivity index (χ4n) is 5.26. The minimum Gasteiger partial charge on any atom is -0.507 e. The van der Waals surface area contributed by atoms with E-state index in [-0.39, 0.29) is 18.1 Å². The molecule has 2 amide bonds. The van der Waals surface area contributed by atoms with Crippen LogP contribution in [0.1, 0.15) is 46.7 Å². The second kappa shape index (κ2) is 9.92. The van der Waals surface area contributed by atoms with Crippen LogP contribution in [0.4, 0.5) is 0 Å². The molecule has 1 heterocycles. The fraction of sp³-hybridized carbons (Fsp3) is 0.286. The lowest BCUT2D eigenvalue weighted by Gasteiger charge is -2.49. The number of carbonyl (C=O) groups is 2. The zero-order chi connectivity index (χ0) is 25.3. The second-order valence-corrected chi connectivity index (χ2v) is 10.0. The summed E-state index contributed by atoms with van der Waals surface area (Å²) in [5.74, 6) is -0.352. The van der Waals surface area contributed by atoms with E-state index in [9.17, 15) is 14.7 Å². The van der Waals surface area contributed by atoms with Crippen LogP contribution in [-0.4, -0.2) is 28.4 Å². The van der Waals surface area contributed by atoms with Gasteiger partial charge in [0, 0.05) is 23.0 Å². The van der Waals surface area contributed by atoms with Crippen LogP contribution in [0, 0.1) is 13.8 Å². The van der Waals surface area contributed by atoms with Gasteiger partial charge in [0.2, 0.25) is 11.8 Å². The van der Waals surface area contributed by atoms with E-state index >= 15 is 0 Å². The molecule has 2 atom stereocenters. The molecule has 4 rings (SSSR count). The van der Waals surface area contributed by atoms with E-state index < -0.39 is 17.4 Å². The van der Waals surface area contributed by atoms with Crippen molar-refractivity contribution in [1.82, 2.24) is 4.90 Å². The Bertz CT molecular complexity index is 1260. The molecule has 1 fully saturated rings. The molecular weight excluding hydrogens is 483 g/mol. The smallest absolute Gasteiger partial charge is 0.230 e. The highest BCUT2D eigenvalue weighted by Gasteiger charge is 2.53. The van der Waals surface area contributed by atoms with Crippen LogP contribution in [0.25, 0.3) is 0 Å². The highest BCUT2D eigenvalue weighted by molar-refractivity contribution is 6.35. The molecule has 7 heteroatoms. The van der Waals surface area contributed by atoms with E-state index in [0.29, 0.717) is 40.6 Å². The van der Waals surface area contributed by atoms with E-state index in [0.717, 1.165) is 16.7 Å². The number of aromatic hydroxyl groups is 1. The van der Waals surface area contributed by atoms with Gasteiger partial charge >= 0.3 is 0 Å². The predicted molar refractivity (Wildman–Crippen MR) is 139 cm³/mol. The number of rotatable bonds is 6. The molecule has 0 radical (unpaired) electrons. The molecule has 0 saturated carbocycles. The van der Waals surface area contributed by atoms with Gasteiger partial charge in [-0.15, -0.1) is 0 Å². The summed E-state index contributed by atoms with van der Waals surface area (Å²) in [6, 6.07) is 17.7. The number of primary amides is 1. The number of aryl methyl sites for hydroxylation is 2. The van der Waals surface area contributed by atoms with Crippen molar-refractivity contribution in [2.75, 3.05) is 6.54 Å². The topological polar surface area (TPSA) is 83.6 Å². The zero-order valence-corrected chi connectivity index (χ0v) is 21.2. The molecule has 3 aromatic carbocycles. The number of benzene rings is 3. The summed E-state index contributed by atoms with van der Waals surface area (Å²) in [4.78, 5) is 28.4.